The van der Waals surface area contributed by atoms with Gasteiger partial charge in [0.1, 0.15) is 12.7 Å². The Morgan fingerprint density at radius 3 is 2.03 bits per heavy atom. The molecule has 3 fully saturated rings. The zero-order valence-electron chi connectivity index (χ0n) is 22.1. The lowest BCUT2D eigenvalue weighted by molar-refractivity contribution is -0.492. The normalized spacial score (nSPS) is 33.8. The van der Waals surface area contributed by atoms with Crippen molar-refractivity contribution in [3.8, 4) is 0 Å². The zero-order chi connectivity index (χ0) is 25.3. The molecule has 0 unspecified atom stereocenters. The van der Waals surface area contributed by atoms with Gasteiger partial charge in [0.2, 0.25) is 11.6 Å². The molecule has 7 nitrogen and oxygen atoms in total. The third-order valence-electron chi connectivity index (χ3n) is 6.49. The second kappa shape index (κ2) is 10.2. The van der Waals surface area contributed by atoms with Gasteiger partial charge in [-0.05, 0) is 29.2 Å². The summed E-state index contributed by atoms with van der Waals surface area (Å²) < 4.78 is 38.6. The molecule has 2 saturated heterocycles. The molecular formula is C28H42O7. The van der Waals surface area contributed by atoms with Gasteiger partial charge in [0.15, 0.2) is 18.2 Å². The van der Waals surface area contributed by atoms with Crippen LogP contribution in [-0.2, 0) is 39.8 Å². The van der Waals surface area contributed by atoms with Crippen LogP contribution in [0.5, 0.6) is 0 Å². The Balaban J connectivity index is 1.63. The largest absolute Gasteiger partial charge is 0.345 e. The summed E-state index contributed by atoms with van der Waals surface area (Å²) in [7, 11) is 0. The van der Waals surface area contributed by atoms with Gasteiger partial charge in [0, 0.05) is 12.8 Å². The summed E-state index contributed by atoms with van der Waals surface area (Å²) >= 11 is 0. The van der Waals surface area contributed by atoms with Crippen molar-refractivity contribution in [2.45, 2.75) is 104 Å². The van der Waals surface area contributed by atoms with Gasteiger partial charge in [-0.3, -0.25) is 4.79 Å². The van der Waals surface area contributed by atoms with Crippen molar-refractivity contribution in [1.29, 1.82) is 0 Å². The Kier molecular flexibility index (Phi) is 7.78. The van der Waals surface area contributed by atoms with Gasteiger partial charge in [0.25, 0.3) is 0 Å². The first-order chi connectivity index (χ1) is 16.4. The minimum Gasteiger partial charge on any atom is -0.345 e. The average Bonchev–Trinajstić information content (AvgIpc) is 2.80. The number of rotatable bonds is 7. The summed E-state index contributed by atoms with van der Waals surface area (Å²) in [6.45, 7) is 13.9. The molecule has 0 aromatic heterocycles. The highest BCUT2D eigenvalue weighted by atomic mass is 16.8. The maximum absolute atomic E-state index is 13.0. The SMILES string of the molecule is CC(C)(C)CO[C@]12CCCC[C@@]1(OCC(C)(C)C)O[C@H]1[C@@H](OCc3ccccc3)OCC(=O)[C@@H]1O2. The quantitative estimate of drug-likeness (QED) is 0.532. The summed E-state index contributed by atoms with van der Waals surface area (Å²) in [5.41, 5.74) is 0.827. The number of carbonyl (C=O) groups is 1. The maximum Gasteiger partial charge on any atom is 0.224 e. The van der Waals surface area contributed by atoms with E-state index in [0.717, 1.165) is 18.4 Å². The molecule has 2 aliphatic heterocycles. The highest BCUT2D eigenvalue weighted by Gasteiger charge is 2.67. The molecule has 196 valence electrons. The maximum atomic E-state index is 13.0. The van der Waals surface area contributed by atoms with Gasteiger partial charge >= 0.3 is 0 Å². The fourth-order valence-electron chi connectivity index (χ4n) is 4.73. The molecular weight excluding hydrogens is 448 g/mol. The molecule has 0 amide bonds. The molecule has 0 N–H and O–H groups in total. The van der Waals surface area contributed by atoms with E-state index in [0.29, 0.717) is 32.7 Å². The Hall–Kier alpha value is -1.35. The first-order valence-corrected chi connectivity index (χ1v) is 12.9. The second-order valence-corrected chi connectivity index (χ2v) is 12.5. The van der Waals surface area contributed by atoms with Gasteiger partial charge in [-0.15, -0.1) is 0 Å². The van der Waals surface area contributed by atoms with Crippen molar-refractivity contribution in [2.24, 2.45) is 10.8 Å². The fraction of sp³-hybridized carbons (Fsp3) is 0.750. The van der Waals surface area contributed by atoms with Gasteiger partial charge in [-0.2, -0.15) is 0 Å². The molecule has 3 aliphatic rings. The third kappa shape index (κ3) is 6.14. The smallest absolute Gasteiger partial charge is 0.224 e. The summed E-state index contributed by atoms with van der Waals surface area (Å²) in [5.74, 6) is -2.48. The molecule has 0 radical (unpaired) electrons. The Labute approximate surface area is 209 Å². The zero-order valence-corrected chi connectivity index (χ0v) is 22.1. The molecule has 0 spiro atoms. The predicted molar refractivity (Wildman–Crippen MR) is 130 cm³/mol. The molecule has 1 aliphatic carbocycles. The van der Waals surface area contributed by atoms with Crippen molar-refractivity contribution in [3.63, 3.8) is 0 Å². The number of hydrogen-bond acceptors (Lipinski definition) is 7. The van der Waals surface area contributed by atoms with Gasteiger partial charge < -0.3 is 28.4 Å². The van der Waals surface area contributed by atoms with E-state index in [1.807, 2.05) is 30.3 Å². The van der Waals surface area contributed by atoms with Crippen molar-refractivity contribution >= 4 is 5.78 Å². The lowest BCUT2D eigenvalue weighted by Crippen LogP contribution is -2.74. The van der Waals surface area contributed by atoms with Crippen LogP contribution in [0.1, 0.15) is 72.8 Å². The molecule has 5 atom stereocenters. The molecule has 1 aromatic carbocycles. The van der Waals surface area contributed by atoms with Crippen LogP contribution in [0.3, 0.4) is 0 Å². The third-order valence-corrected chi connectivity index (χ3v) is 6.49. The van der Waals surface area contributed by atoms with Crippen LogP contribution >= 0.6 is 0 Å². The molecule has 1 saturated carbocycles. The van der Waals surface area contributed by atoms with Gasteiger partial charge in [-0.25, -0.2) is 0 Å². The number of ketones is 1. The van der Waals surface area contributed by atoms with Crippen LogP contribution in [0.25, 0.3) is 0 Å². The number of ether oxygens (including phenoxy) is 6. The van der Waals surface area contributed by atoms with E-state index in [1.54, 1.807) is 0 Å². The van der Waals surface area contributed by atoms with Crippen LogP contribution in [0.2, 0.25) is 0 Å². The van der Waals surface area contributed by atoms with E-state index in [1.165, 1.54) is 0 Å². The highest BCUT2D eigenvalue weighted by Crippen LogP contribution is 2.51. The Bertz CT molecular complexity index is 858. The molecule has 35 heavy (non-hydrogen) atoms. The minimum atomic E-state index is -1.16. The van der Waals surface area contributed by atoms with Crippen molar-refractivity contribution in [1.82, 2.24) is 0 Å². The van der Waals surface area contributed by atoms with E-state index in [9.17, 15) is 4.79 Å². The lowest BCUT2D eigenvalue weighted by Gasteiger charge is -2.59. The number of benzene rings is 1. The predicted octanol–water partition coefficient (Wildman–Crippen LogP) is 5.00. The molecule has 4 rings (SSSR count). The Morgan fingerprint density at radius 2 is 1.46 bits per heavy atom. The van der Waals surface area contributed by atoms with E-state index in [4.69, 9.17) is 28.4 Å². The standard InChI is InChI=1S/C28H42O7/c1-25(2,3)18-32-27-14-10-11-15-28(27,33-19-26(4,5)6)35-23-22(34-27)21(29)17-31-24(23)30-16-20-12-8-7-9-13-20/h7-9,12-13,22-24H,10-11,14-19H2,1-6H3/t22-,23+,24-,27-,28+/m0/s1. The van der Waals surface area contributed by atoms with Crippen LogP contribution in [0.4, 0.5) is 0 Å². The average molecular weight is 491 g/mol. The topological polar surface area (TPSA) is 72.5 Å². The summed E-state index contributed by atoms with van der Waals surface area (Å²) in [6.07, 6.45) is 0.685. The van der Waals surface area contributed by atoms with Gasteiger partial charge in [0.05, 0.1) is 19.8 Å². The van der Waals surface area contributed by atoms with E-state index >= 15 is 0 Å². The van der Waals surface area contributed by atoms with Gasteiger partial charge in [-0.1, -0.05) is 71.9 Å². The monoisotopic (exact) mass is 490 g/mol. The number of fused-ring (bicyclic) bond motifs is 2. The van der Waals surface area contributed by atoms with Crippen LogP contribution in [0, 0.1) is 10.8 Å². The summed E-state index contributed by atoms with van der Waals surface area (Å²) in [5, 5.41) is 0. The van der Waals surface area contributed by atoms with E-state index in [2.05, 4.69) is 41.5 Å². The lowest BCUT2D eigenvalue weighted by atomic mass is 9.83. The minimum absolute atomic E-state index is 0.0881. The van der Waals surface area contributed by atoms with Crippen molar-refractivity contribution in [2.75, 3.05) is 19.8 Å². The van der Waals surface area contributed by atoms with Crippen LogP contribution < -0.4 is 0 Å². The number of carbonyl (C=O) groups excluding carboxylic acids is 1. The molecule has 0 bridgehead atoms. The van der Waals surface area contributed by atoms with Crippen molar-refractivity contribution < 1.29 is 33.2 Å². The van der Waals surface area contributed by atoms with Crippen LogP contribution in [0.15, 0.2) is 30.3 Å². The van der Waals surface area contributed by atoms with E-state index in [-0.39, 0.29) is 23.2 Å². The summed E-state index contributed by atoms with van der Waals surface area (Å²) in [4.78, 5) is 13.0. The Morgan fingerprint density at radius 1 is 0.886 bits per heavy atom. The van der Waals surface area contributed by atoms with Crippen molar-refractivity contribution in [3.05, 3.63) is 35.9 Å². The van der Waals surface area contributed by atoms with Crippen LogP contribution in [-0.4, -0.2) is 55.7 Å². The first kappa shape index (κ1) is 26.7. The first-order valence-electron chi connectivity index (χ1n) is 12.9. The number of hydrogen-bond donors (Lipinski definition) is 0. The molecule has 7 heteroatoms. The molecule has 1 aromatic rings. The van der Waals surface area contributed by atoms with E-state index < -0.39 is 30.1 Å². The second-order valence-electron chi connectivity index (χ2n) is 12.5. The fourth-order valence-corrected chi connectivity index (χ4v) is 4.73. The summed E-state index contributed by atoms with van der Waals surface area (Å²) in [6, 6.07) is 9.87. The number of Topliss-reactive ketones (excluding diaryl/α,β-unsaturated/α-hetero) is 1. The highest BCUT2D eigenvalue weighted by molar-refractivity contribution is 5.85. The molecule has 2 heterocycles.